The molecule has 0 radical (unpaired) electrons. The fourth-order valence-corrected chi connectivity index (χ4v) is 4.01. The van der Waals surface area contributed by atoms with Crippen molar-refractivity contribution >= 4 is 34.4 Å². The number of thioether (sulfide) groups is 1. The van der Waals surface area contributed by atoms with Gasteiger partial charge in [0.2, 0.25) is 5.91 Å². The standard InChI is InChI=1S/C16H19ClN2OS/c17-14-7-5-12(6-8-14)11-21-16-18-9-10-19(16)15(20)13-3-1-2-4-13/h5-8,13H,1-4,9-11H2. The number of amides is 1. The maximum absolute atomic E-state index is 12.5. The molecular formula is C16H19ClN2OS. The first-order valence-corrected chi connectivity index (χ1v) is 8.83. The van der Waals surface area contributed by atoms with Crippen molar-refractivity contribution in [2.75, 3.05) is 13.1 Å². The zero-order valence-corrected chi connectivity index (χ0v) is 13.5. The molecule has 0 spiro atoms. The van der Waals surface area contributed by atoms with Gasteiger partial charge in [0.05, 0.1) is 6.54 Å². The molecule has 0 atom stereocenters. The second kappa shape index (κ2) is 6.84. The van der Waals surface area contributed by atoms with Gasteiger partial charge in [0.15, 0.2) is 5.17 Å². The number of hydrogen-bond acceptors (Lipinski definition) is 3. The van der Waals surface area contributed by atoms with E-state index in [4.69, 9.17) is 11.6 Å². The number of amidine groups is 1. The van der Waals surface area contributed by atoms with Crippen LogP contribution in [0.1, 0.15) is 31.2 Å². The van der Waals surface area contributed by atoms with Crippen molar-refractivity contribution in [3.8, 4) is 0 Å². The van der Waals surface area contributed by atoms with Crippen LogP contribution in [0.25, 0.3) is 0 Å². The summed E-state index contributed by atoms with van der Waals surface area (Å²) in [4.78, 5) is 18.9. The average Bonchev–Trinajstić information content (AvgIpc) is 3.17. The van der Waals surface area contributed by atoms with E-state index in [0.717, 1.165) is 41.9 Å². The van der Waals surface area contributed by atoms with Gasteiger partial charge < -0.3 is 0 Å². The van der Waals surface area contributed by atoms with Gasteiger partial charge in [-0.05, 0) is 30.5 Å². The summed E-state index contributed by atoms with van der Waals surface area (Å²) in [7, 11) is 0. The van der Waals surface area contributed by atoms with Crippen LogP contribution in [0.5, 0.6) is 0 Å². The predicted octanol–water partition coefficient (Wildman–Crippen LogP) is 3.96. The van der Waals surface area contributed by atoms with E-state index in [1.54, 1.807) is 11.8 Å². The number of carbonyl (C=O) groups is 1. The Labute approximate surface area is 134 Å². The Hall–Kier alpha value is -1.00. The van der Waals surface area contributed by atoms with E-state index >= 15 is 0 Å². The summed E-state index contributed by atoms with van der Waals surface area (Å²) in [6.07, 6.45) is 4.47. The second-order valence-corrected chi connectivity index (χ2v) is 6.93. The van der Waals surface area contributed by atoms with Gasteiger partial charge in [-0.15, -0.1) is 0 Å². The Balaban J connectivity index is 1.59. The number of hydrogen-bond donors (Lipinski definition) is 0. The molecule has 3 rings (SSSR count). The highest BCUT2D eigenvalue weighted by Gasteiger charge is 2.31. The maximum Gasteiger partial charge on any atom is 0.231 e. The Morgan fingerprint density at radius 1 is 1.29 bits per heavy atom. The Morgan fingerprint density at radius 3 is 2.71 bits per heavy atom. The number of benzene rings is 1. The SMILES string of the molecule is O=C(C1CCCC1)N1CCN=C1SCc1ccc(Cl)cc1. The lowest BCUT2D eigenvalue weighted by Gasteiger charge is -2.21. The molecule has 21 heavy (non-hydrogen) atoms. The van der Waals surface area contributed by atoms with Crippen LogP contribution in [-0.4, -0.2) is 29.1 Å². The lowest BCUT2D eigenvalue weighted by Crippen LogP contribution is -2.36. The quantitative estimate of drug-likeness (QED) is 0.843. The average molecular weight is 323 g/mol. The summed E-state index contributed by atoms with van der Waals surface area (Å²) >= 11 is 7.54. The summed E-state index contributed by atoms with van der Waals surface area (Å²) in [6.45, 7) is 1.49. The van der Waals surface area contributed by atoms with Crippen LogP contribution in [0.2, 0.25) is 5.02 Å². The highest BCUT2D eigenvalue weighted by molar-refractivity contribution is 8.13. The number of rotatable bonds is 3. The van der Waals surface area contributed by atoms with Gasteiger partial charge in [-0.2, -0.15) is 0 Å². The fraction of sp³-hybridized carbons (Fsp3) is 0.500. The van der Waals surface area contributed by atoms with E-state index in [9.17, 15) is 4.79 Å². The number of carbonyl (C=O) groups excluding carboxylic acids is 1. The van der Waals surface area contributed by atoms with Crippen LogP contribution >= 0.6 is 23.4 Å². The van der Waals surface area contributed by atoms with Crippen LogP contribution in [-0.2, 0) is 10.5 Å². The molecule has 112 valence electrons. The van der Waals surface area contributed by atoms with Crippen molar-refractivity contribution < 1.29 is 4.79 Å². The molecule has 1 saturated carbocycles. The van der Waals surface area contributed by atoms with Gasteiger partial charge in [0.25, 0.3) is 0 Å². The Kier molecular flexibility index (Phi) is 4.86. The monoisotopic (exact) mass is 322 g/mol. The zero-order chi connectivity index (χ0) is 14.7. The van der Waals surface area contributed by atoms with E-state index in [2.05, 4.69) is 4.99 Å². The molecule has 0 bridgehead atoms. The van der Waals surface area contributed by atoms with Gasteiger partial charge in [-0.1, -0.05) is 48.3 Å². The molecular weight excluding hydrogens is 304 g/mol. The van der Waals surface area contributed by atoms with Gasteiger partial charge in [0, 0.05) is 23.2 Å². The molecule has 1 aromatic rings. The minimum atomic E-state index is 0.226. The van der Waals surface area contributed by atoms with Crippen LogP contribution < -0.4 is 0 Å². The van der Waals surface area contributed by atoms with E-state index in [0.29, 0.717) is 0 Å². The zero-order valence-electron chi connectivity index (χ0n) is 11.9. The maximum atomic E-state index is 12.5. The normalized spacial score (nSPS) is 19.1. The molecule has 5 heteroatoms. The molecule has 1 aliphatic carbocycles. The molecule has 0 N–H and O–H groups in total. The van der Waals surface area contributed by atoms with E-state index in [-0.39, 0.29) is 11.8 Å². The van der Waals surface area contributed by atoms with Crippen molar-refractivity contribution in [1.82, 2.24) is 4.90 Å². The predicted molar refractivity (Wildman–Crippen MR) is 88.7 cm³/mol. The number of nitrogens with zero attached hydrogens (tertiary/aromatic N) is 2. The first-order chi connectivity index (χ1) is 10.2. The molecule has 0 unspecified atom stereocenters. The third-order valence-corrected chi connectivity index (χ3v) is 5.39. The highest BCUT2D eigenvalue weighted by atomic mass is 35.5. The van der Waals surface area contributed by atoms with Crippen molar-refractivity contribution in [2.24, 2.45) is 10.9 Å². The van der Waals surface area contributed by atoms with Crippen LogP contribution in [0, 0.1) is 5.92 Å². The van der Waals surface area contributed by atoms with Gasteiger partial charge in [-0.3, -0.25) is 14.7 Å². The largest absolute Gasteiger partial charge is 0.289 e. The molecule has 1 amide bonds. The van der Waals surface area contributed by atoms with Gasteiger partial charge in [-0.25, -0.2) is 0 Å². The molecule has 1 fully saturated rings. The third kappa shape index (κ3) is 3.61. The topological polar surface area (TPSA) is 32.7 Å². The van der Waals surface area contributed by atoms with Crippen molar-refractivity contribution in [2.45, 2.75) is 31.4 Å². The number of halogens is 1. The lowest BCUT2D eigenvalue weighted by atomic mass is 10.1. The molecule has 1 heterocycles. The summed E-state index contributed by atoms with van der Waals surface area (Å²) in [5.74, 6) is 1.33. The number of aliphatic imine (C=N–C) groups is 1. The molecule has 0 aromatic heterocycles. The smallest absolute Gasteiger partial charge is 0.231 e. The Bertz CT molecular complexity index is 538. The van der Waals surface area contributed by atoms with Gasteiger partial charge >= 0.3 is 0 Å². The van der Waals surface area contributed by atoms with Crippen LogP contribution in [0.15, 0.2) is 29.3 Å². The van der Waals surface area contributed by atoms with E-state index in [1.807, 2.05) is 29.2 Å². The van der Waals surface area contributed by atoms with E-state index in [1.165, 1.54) is 18.4 Å². The summed E-state index contributed by atoms with van der Waals surface area (Å²) in [5, 5.41) is 1.64. The van der Waals surface area contributed by atoms with Crippen LogP contribution in [0.3, 0.4) is 0 Å². The molecule has 0 saturated heterocycles. The summed E-state index contributed by atoms with van der Waals surface area (Å²) in [6, 6.07) is 7.84. The van der Waals surface area contributed by atoms with Crippen molar-refractivity contribution in [3.05, 3.63) is 34.9 Å². The van der Waals surface area contributed by atoms with E-state index < -0.39 is 0 Å². The van der Waals surface area contributed by atoms with Gasteiger partial charge in [0.1, 0.15) is 0 Å². The lowest BCUT2D eigenvalue weighted by molar-refractivity contribution is -0.130. The van der Waals surface area contributed by atoms with Crippen molar-refractivity contribution in [1.29, 1.82) is 0 Å². The molecule has 1 aliphatic heterocycles. The molecule has 2 aliphatic rings. The third-order valence-electron chi connectivity index (χ3n) is 4.05. The van der Waals surface area contributed by atoms with Crippen molar-refractivity contribution in [3.63, 3.8) is 0 Å². The van der Waals surface area contributed by atoms with Crippen LogP contribution in [0.4, 0.5) is 0 Å². The highest BCUT2D eigenvalue weighted by Crippen LogP contribution is 2.29. The Morgan fingerprint density at radius 2 is 2.00 bits per heavy atom. The fourth-order valence-electron chi connectivity index (χ4n) is 2.88. The first kappa shape index (κ1) is 14.9. The summed E-state index contributed by atoms with van der Waals surface area (Å²) < 4.78 is 0. The minimum absolute atomic E-state index is 0.226. The second-order valence-electron chi connectivity index (χ2n) is 5.55. The minimum Gasteiger partial charge on any atom is -0.289 e. The summed E-state index contributed by atoms with van der Waals surface area (Å²) in [5.41, 5.74) is 1.20. The first-order valence-electron chi connectivity index (χ1n) is 7.47. The molecule has 3 nitrogen and oxygen atoms in total. The molecule has 1 aromatic carbocycles.